The van der Waals surface area contributed by atoms with Gasteiger partial charge in [0, 0.05) is 18.7 Å². The molecular weight excluding hydrogens is 320 g/mol. The number of aromatic amines is 1. The number of rotatable bonds is 4. The lowest BCUT2D eigenvalue weighted by Gasteiger charge is -2.29. The molecule has 3 rings (SSSR count). The first-order chi connectivity index (χ1) is 12.1. The SMILES string of the molecule is Cc1ccccc1-c1cc(C(=O)NC(C)C(=O)N2CCOCC2)[nH]n1. The maximum atomic E-state index is 12.4. The van der Waals surface area contributed by atoms with Crippen LogP contribution in [0, 0.1) is 6.92 Å². The van der Waals surface area contributed by atoms with Crippen LogP contribution >= 0.6 is 0 Å². The zero-order valence-electron chi connectivity index (χ0n) is 14.4. The molecule has 1 aliphatic rings. The van der Waals surface area contributed by atoms with Crippen LogP contribution in [-0.4, -0.2) is 59.3 Å². The van der Waals surface area contributed by atoms with Crippen LogP contribution < -0.4 is 5.32 Å². The number of carbonyl (C=O) groups is 2. The lowest BCUT2D eigenvalue weighted by molar-refractivity contribution is -0.136. The fourth-order valence-corrected chi connectivity index (χ4v) is 2.83. The van der Waals surface area contributed by atoms with Gasteiger partial charge in [0.2, 0.25) is 5.91 Å². The van der Waals surface area contributed by atoms with Crippen molar-refractivity contribution in [3.8, 4) is 11.3 Å². The van der Waals surface area contributed by atoms with Gasteiger partial charge in [-0.2, -0.15) is 5.10 Å². The Morgan fingerprint density at radius 2 is 2.00 bits per heavy atom. The van der Waals surface area contributed by atoms with Gasteiger partial charge in [0.05, 0.1) is 18.9 Å². The fourth-order valence-electron chi connectivity index (χ4n) is 2.83. The maximum absolute atomic E-state index is 12.4. The number of aromatic nitrogens is 2. The average molecular weight is 342 g/mol. The molecule has 2 aromatic rings. The van der Waals surface area contributed by atoms with Crippen molar-refractivity contribution in [3.63, 3.8) is 0 Å². The van der Waals surface area contributed by atoms with Gasteiger partial charge in [-0.15, -0.1) is 0 Å². The van der Waals surface area contributed by atoms with E-state index in [1.807, 2.05) is 31.2 Å². The van der Waals surface area contributed by atoms with Gasteiger partial charge in [-0.25, -0.2) is 0 Å². The smallest absolute Gasteiger partial charge is 0.269 e. The number of amides is 2. The topological polar surface area (TPSA) is 87.3 Å². The number of nitrogens with one attached hydrogen (secondary N) is 2. The van der Waals surface area contributed by atoms with E-state index in [1.165, 1.54) is 0 Å². The number of hydrogen-bond acceptors (Lipinski definition) is 4. The van der Waals surface area contributed by atoms with Gasteiger partial charge in [0.25, 0.3) is 5.91 Å². The Hall–Kier alpha value is -2.67. The summed E-state index contributed by atoms with van der Waals surface area (Å²) in [5, 5.41) is 9.69. The van der Waals surface area contributed by atoms with Crippen LogP contribution in [0.3, 0.4) is 0 Å². The van der Waals surface area contributed by atoms with Crippen molar-refractivity contribution in [2.24, 2.45) is 0 Å². The predicted molar refractivity (Wildman–Crippen MR) is 93.1 cm³/mol. The molecular formula is C18H22N4O3. The Labute approximate surface area is 146 Å². The number of morpholine rings is 1. The van der Waals surface area contributed by atoms with Gasteiger partial charge in [0.1, 0.15) is 11.7 Å². The maximum Gasteiger partial charge on any atom is 0.269 e. The third kappa shape index (κ3) is 3.88. The molecule has 7 heteroatoms. The number of H-pyrrole nitrogens is 1. The molecule has 1 fully saturated rings. The molecule has 2 amide bonds. The summed E-state index contributed by atoms with van der Waals surface area (Å²) in [6.45, 7) is 5.86. The second-order valence-electron chi connectivity index (χ2n) is 6.11. The van der Waals surface area contributed by atoms with Crippen molar-refractivity contribution in [3.05, 3.63) is 41.6 Å². The number of hydrogen-bond donors (Lipinski definition) is 2. The lowest BCUT2D eigenvalue weighted by atomic mass is 10.1. The minimum atomic E-state index is -0.601. The van der Waals surface area contributed by atoms with Crippen LogP contribution in [0.25, 0.3) is 11.3 Å². The summed E-state index contributed by atoms with van der Waals surface area (Å²) in [6, 6.07) is 8.93. The molecule has 7 nitrogen and oxygen atoms in total. The normalized spacial score (nSPS) is 15.7. The summed E-state index contributed by atoms with van der Waals surface area (Å²) in [5.41, 5.74) is 3.09. The van der Waals surface area contributed by atoms with E-state index < -0.39 is 6.04 Å². The van der Waals surface area contributed by atoms with Gasteiger partial charge in [-0.05, 0) is 25.5 Å². The van der Waals surface area contributed by atoms with Crippen LogP contribution in [-0.2, 0) is 9.53 Å². The van der Waals surface area contributed by atoms with Crippen LogP contribution in [0.4, 0.5) is 0 Å². The zero-order chi connectivity index (χ0) is 17.8. The highest BCUT2D eigenvalue weighted by molar-refractivity contribution is 5.96. The minimum Gasteiger partial charge on any atom is -0.378 e. The summed E-state index contributed by atoms with van der Waals surface area (Å²) in [4.78, 5) is 26.5. The molecule has 1 saturated heterocycles. The molecule has 0 bridgehead atoms. The Bertz CT molecular complexity index is 765. The molecule has 0 spiro atoms. The van der Waals surface area contributed by atoms with Crippen molar-refractivity contribution in [1.29, 1.82) is 0 Å². The molecule has 1 unspecified atom stereocenters. The third-order valence-corrected chi connectivity index (χ3v) is 4.28. The molecule has 2 N–H and O–H groups in total. The highest BCUT2D eigenvalue weighted by Crippen LogP contribution is 2.21. The molecule has 0 radical (unpaired) electrons. The van der Waals surface area contributed by atoms with E-state index in [0.717, 1.165) is 11.1 Å². The molecule has 0 aliphatic carbocycles. The first-order valence-electron chi connectivity index (χ1n) is 8.35. The Morgan fingerprint density at radius 1 is 1.28 bits per heavy atom. The van der Waals surface area contributed by atoms with Gasteiger partial charge in [0.15, 0.2) is 0 Å². The fraction of sp³-hybridized carbons (Fsp3) is 0.389. The number of nitrogens with zero attached hydrogens (tertiary/aromatic N) is 2. The number of aryl methyl sites for hydroxylation is 1. The second-order valence-corrected chi connectivity index (χ2v) is 6.11. The van der Waals surface area contributed by atoms with Crippen LogP contribution in [0.5, 0.6) is 0 Å². The molecule has 1 atom stereocenters. The van der Waals surface area contributed by atoms with Crippen LogP contribution in [0.1, 0.15) is 23.0 Å². The van der Waals surface area contributed by atoms with E-state index in [4.69, 9.17) is 4.74 Å². The van der Waals surface area contributed by atoms with Gasteiger partial charge >= 0.3 is 0 Å². The van der Waals surface area contributed by atoms with Gasteiger partial charge in [-0.1, -0.05) is 24.3 Å². The standard InChI is InChI=1S/C18H22N4O3/c1-12-5-3-4-6-14(12)15-11-16(21-20-15)17(23)19-13(2)18(24)22-7-9-25-10-8-22/h3-6,11,13H,7-10H2,1-2H3,(H,19,23)(H,20,21). The first kappa shape index (κ1) is 17.2. The Kier molecular flexibility index (Phi) is 5.14. The largest absolute Gasteiger partial charge is 0.378 e. The van der Waals surface area contributed by atoms with Crippen molar-refractivity contribution < 1.29 is 14.3 Å². The second kappa shape index (κ2) is 7.48. The quantitative estimate of drug-likeness (QED) is 0.878. The summed E-state index contributed by atoms with van der Waals surface area (Å²) in [5.74, 6) is -0.447. The third-order valence-electron chi connectivity index (χ3n) is 4.28. The van der Waals surface area contributed by atoms with Gasteiger partial charge < -0.3 is 15.0 Å². The highest BCUT2D eigenvalue weighted by Gasteiger charge is 2.24. The molecule has 132 valence electrons. The number of ether oxygens (including phenoxy) is 1. The monoisotopic (exact) mass is 342 g/mol. The highest BCUT2D eigenvalue weighted by atomic mass is 16.5. The lowest BCUT2D eigenvalue weighted by Crippen LogP contribution is -2.50. The van der Waals surface area contributed by atoms with Gasteiger partial charge in [-0.3, -0.25) is 14.7 Å². The molecule has 25 heavy (non-hydrogen) atoms. The molecule has 2 heterocycles. The molecule has 1 aliphatic heterocycles. The first-order valence-corrected chi connectivity index (χ1v) is 8.35. The molecule has 1 aromatic heterocycles. The van der Waals surface area contributed by atoms with E-state index in [2.05, 4.69) is 15.5 Å². The summed E-state index contributed by atoms with van der Waals surface area (Å²) < 4.78 is 5.24. The van der Waals surface area contributed by atoms with Crippen molar-refractivity contribution in [1.82, 2.24) is 20.4 Å². The summed E-state index contributed by atoms with van der Waals surface area (Å²) in [6.07, 6.45) is 0. The Morgan fingerprint density at radius 3 is 2.72 bits per heavy atom. The minimum absolute atomic E-state index is 0.102. The predicted octanol–water partition coefficient (Wildman–Crippen LogP) is 1.36. The van der Waals surface area contributed by atoms with Crippen molar-refractivity contribution in [2.75, 3.05) is 26.3 Å². The number of benzene rings is 1. The van der Waals surface area contributed by atoms with E-state index >= 15 is 0 Å². The van der Waals surface area contributed by atoms with Crippen LogP contribution in [0.2, 0.25) is 0 Å². The molecule has 1 aromatic carbocycles. The van der Waals surface area contributed by atoms with E-state index in [9.17, 15) is 9.59 Å². The van der Waals surface area contributed by atoms with E-state index in [1.54, 1.807) is 17.9 Å². The Balaban J connectivity index is 1.65. The summed E-state index contributed by atoms with van der Waals surface area (Å²) >= 11 is 0. The van der Waals surface area contributed by atoms with Crippen LogP contribution in [0.15, 0.2) is 30.3 Å². The molecule has 0 saturated carbocycles. The summed E-state index contributed by atoms with van der Waals surface area (Å²) in [7, 11) is 0. The van der Waals surface area contributed by atoms with E-state index in [0.29, 0.717) is 37.7 Å². The van der Waals surface area contributed by atoms with Crippen molar-refractivity contribution in [2.45, 2.75) is 19.9 Å². The zero-order valence-corrected chi connectivity index (χ0v) is 14.4. The number of carbonyl (C=O) groups excluding carboxylic acids is 2. The van der Waals surface area contributed by atoms with Crippen molar-refractivity contribution >= 4 is 11.8 Å². The average Bonchev–Trinajstić information content (AvgIpc) is 3.12. The van der Waals surface area contributed by atoms with E-state index in [-0.39, 0.29) is 11.8 Å².